The van der Waals surface area contributed by atoms with Crippen molar-refractivity contribution in [2.45, 2.75) is 32.9 Å². The monoisotopic (exact) mass is 356 g/mol. The Labute approximate surface area is 142 Å². The van der Waals surface area contributed by atoms with Crippen molar-refractivity contribution in [1.29, 1.82) is 0 Å². The Balaban J connectivity index is 2.06. The molecule has 1 aliphatic heterocycles. The minimum absolute atomic E-state index is 0.0690. The molecule has 10 heteroatoms. The molecule has 1 unspecified atom stereocenters. The number of anilines is 1. The Morgan fingerprint density at radius 3 is 2.60 bits per heavy atom. The third kappa shape index (κ3) is 3.00. The lowest BCUT2D eigenvalue weighted by Crippen LogP contribution is -2.43. The molecule has 3 rings (SSSR count). The molecule has 0 radical (unpaired) electrons. The van der Waals surface area contributed by atoms with Gasteiger partial charge >= 0.3 is 6.18 Å². The molecule has 0 spiro atoms. The van der Waals surface area contributed by atoms with Gasteiger partial charge in [0.1, 0.15) is 0 Å². The van der Waals surface area contributed by atoms with E-state index in [9.17, 15) is 18.0 Å². The van der Waals surface area contributed by atoms with Crippen LogP contribution in [-0.4, -0.2) is 45.9 Å². The molecule has 3 heterocycles. The van der Waals surface area contributed by atoms with Gasteiger partial charge in [0.25, 0.3) is 5.82 Å². The number of aryl methyl sites for hydroxylation is 1. The quantitative estimate of drug-likeness (QED) is 0.887. The predicted octanol–water partition coefficient (Wildman–Crippen LogP) is 1.72. The number of carbonyl (C=O) groups is 1. The highest BCUT2D eigenvalue weighted by Gasteiger charge is 2.38. The minimum Gasteiger partial charge on any atom is -0.359 e. The van der Waals surface area contributed by atoms with E-state index in [0.717, 1.165) is 22.9 Å². The molecule has 0 aromatic carbocycles. The van der Waals surface area contributed by atoms with E-state index in [4.69, 9.17) is 0 Å². The summed E-state index contributed by atoms with van der Waals surface area (Å²) < 4.78 is 40.2. The Hall–Kier alpha value is -2.39. The Kier molecular flexibility index (Phi) is 4.29. The highest BCUT2D eigenvalue weighted by atomic mass is 19.4. The van der Waals surface area contributed by atoms with Gasteiger partial charge in [-0.1, -0.05) is 0 Å². The first-order valence-corrected chi connectivity index (χ1v) is 8.00. The average Bonchev–Trinajstić information content (AvgIpc) is 3.01. The van der Waals surface area contributed by atoms with Crippen molar-refractivity contribution in [2.24, 2.45) is 5.92 Å². The third-order valence-electron chi connectivity index (χ3n) is 4.66. The van der Waals surface area contributed by atoms with E-state index in [1.54, 1.807) is 20.9 Å². The number of nitrogens with zero attached hydrogens (tertiary/aromatic N) is 5. The van der Waals surface area contributed by atoms with Crippen molar-refractivity contribution in [3.63, 3.8) is 0 Å². The number of fused-ring (bicyclic) bond motifs is 1. The maximum absolute atomic E-state index is 13.1. The molecular weight excluding hydrogens is 337 g/mol. The summed E-state index contributed by atoms with van der Waals surface area (Å²) in [5.74, 6) is -0.991. The smallest absolute Gasteiger partial charge is 0.359 e. The van der Waals surface area contributed by atoms with E-state index in [1.165, 1.54) is 0 Å². The van der Waals surface area contributed by atoms with Crippen molar-refractivity contribution < 1.29 is 18.0 Å². The second-order valence-corrected chi connectivity index (χ2v) is 6.23. The van der Waals surface area contributed by atoms with E-state index < -0.39 is 12.0 Å². The van der Waals surface area contributed by atoms with E-state index in [-0.39, 0.29) is 17.5 Å². The first-order chi connectivity index (χ1) is 11.7. The van der Waals surface area contributed by atoms with Crippen LogP contribution in [0.2, 0.25) is 0 Å². The lowest BCUT2D eigenvalue weighted by molar-refractivity contribution is -0.146. The lowest BCUT2D eigenvalue weighted by Gasteiger charge is -2.33. The second kappa shape index (κ2) is 6.16. The first kappa shape index (κ1) is 17.4. The second-order valence-electron chi connectivity index (χ2n) is 6.23. The fourth-order valence-corrected chi connectivity index (χ4v) is 3.18. The number of hydrogen-bond donors (Lipinski definition) is 1. The van der Waals surface area contributed by atoms with Crippen LogP contribution in [0.15, 0.2) is 0 Å². The van der Waals surface area contributed by atoms with Gasteiger partial charge in [-0.2, -0.15) is 17.7 Å². The van der Waals surface area contributed by atoms with Crippen LogP contribution in [0, 0.1) is 19.8 Å². The Bertz CT molecular complexity index is 816. The van der Waals surface area contributed by atoms with E-state index >= 15 is 0 Å². The predicted molar refractivity (Wildman–Crippen MR) is 84.3 cm³/mol. The highest BCUT2D eigenvalue weighted by Crippen LogP contribution is 2.31. The van der Waals surface area contributed by atoms with Gasteiger partial charge in [0.05, 0.1) is 5.92 Å². The molecule has 25 heavy (non-hydrogen) atoms. The Morgan fingerprint density at radius 1 is 1.24 bits per heavy atom. The number of piperidine rings is 1. The van der Waals surface area contributed by atoms with Crippen molar-refractivity contribution in [3.8, 4) is 0 Å². The summed E-state index contributed by atoms with van der Waals surface area (Å²) in [5, 5.41) is 13.7. The number of aromatic nitrogens is 4. The molecule has 0 aliphatic carbocycles. The molecular formula is C15H19F3N6O. The molecule has 1 amide bonds. The number of rotatable bonds is 2. The molecule has 136 valence electrons. The molecule has 2 aromatic rings. The van der Waals surface area contributed by atoms with Gasteiger partial charge in [0.15, 0.2) is 11.5 Å². The molecule has 2 aromatic heterocycles. The van der Waals surface area contributed by atoms with Crippen LogP contribution in [0.4, 0.5) is 19.0 Å². The fraction of sp³-hybridized carbons (Fsp3) is 0.600. The first-order valence-electron chi connectivity index (χ1n) is 8.00. The summed E-state index contributed by atoms with van der Waals surface area (Å²) in [6.45, 7) is 4.55. The van der Waals surface area contributed by atoms with Crippen LogP contribution in [0.3, 0.4) is 0 Å². The van der Waals surface area contributed by atoms with Crippen molar-refractivity contribution >= 4 is 17.4 Å². The zero-order chi connectivity index (χ0) is 18.4. The number of amides is 1. The SMILES string of the molecule is CNC(=O)C1CCCN(c2nn3c(C(F)(F)F)nnc3c(C)c2C)C1. The Morgan fingerprint density at radius 2 is 1.96 bits per heavy atom. The summed E-state index contributed by atoms with van der Waals surface area (Å²) in [5.41, 5.74) is 1.43. The lowest BCUT2D eigenvalue weighted by atomic mass is 9.96. The summed E-state index contributed by atoms with van der Waals surface area (Å²) in [6, 6.07) is 0. The maximum Gasteiger partial charge on any atom is 0.453 e. The summed E-state index contributed by atoms with van der Waals surface area (Å²) >= 11 is 0. The van der Waals surface area contributed by atoms with Crippen LogP contribution in [0.1, 0.15) is 29.8 Å². The topological polar surface area (TPSA) is 75.4 Å². The molecule has 1 aliphatic rings. The number of hydrogen-bond acceptors (Lipinski definition) is 5. The fourth-order valence-electron chi connectivity index (χ4n) is 3.18. The van der Waals surface area contributed by atoms with Crippen molar-refractivity contribution in [3.05, 3.63) is 17.0 Å². The molecule has 1 atom stereocenters. The minimum atomic E-state index is -4.64. The van der Waals surface area contributed by atoms with Gasteiger partial charge in [-0.15, -0.1) is 15.3 Å². The van der Waals surface area contributed by atoms with Gasteiger partial charge in [0, 0.05) is 31.3 Å². The standard InChI is InChI=1S/C15H19F3N6O/c1-8-9(2)12(23-6-4-5-10(7-23)13(25)19-3)22-24-11(8)20-21-14(24)15(16,17)18/h10H,4-7H2,1-3H3,(H,19,25). The zero-order valence-electron chi connectivity index (χ0n) is 14.2. The van der Waals surface area contributed by atoms with Gasteiger partial charge < -0.3 is 10.2 Å². The normalized spacial score (nSPS) is 18.6. The molecule has 1 saturated heterocycles. The van der Waals surface area contributed by atoms with Gasteiger partial charge in [-0.25, -0.2) is 0 Å². The van der Waals surface area contributed by atoms with Crippen molar-refractivity contribution in [1.82, 2.24) is 25.1 Å². The van der Waals surface area contributed by atoms with Gasteiger partial charge in [-0.3, -0.25) is 4.79 Å². The van der Waals surface area contributed by atoms with Gasteiger partial charge in [-0.05, 0) is 26.7 Å². The number of carbonyl (C=O) groups excluding carboxylic acids is 1. The van der Waals surface area contributed by atoms with Crippen LogP contribution < -0.4 is 10.2 Å². The van der Waals surface area contributed by atoms with Crippen LogP contribution in [-0.2, 0) is 11.0 Å². The summed E-state index contributed by atoms with van der Waals surface area (Å²) in [7, 11) is 1.58. The third-order valence-corrected chi connectivity index (χ3v) is 4.66. The van der Waals surface area contributed by atoms with Crippen molar-refractivity contribution in [2.75, 3.05) is 25.0 Å². The van der Waals surface area contributed by atoms with Crippen LogP contribution in [0.5, 0.6) is 0 Å². The zero-order valence-corrected chi connectivity index (χ0v) is 14.2. The number of halogens is 3. The average molecular weight is 356 g/mol. The van der Waals surface area contributed by atoms with E-state index in [1.807, 2.05) is 4.90 Å². The van der Waals surface area contributed by atoms with E-state index in [0.29, 0.717) is 24.5 Å². The molecule has 0 saturated carbocycles. The van der Waals surface area contributed by atoms with E-state index in [2.05, 4.69) is 20.6 Å². The van der Waals surface area contributed by atoms with Crippen LogP contribution in [0.25, 0.3) is 5.65 Å². The largest absolute Gasteiger partial charge is 0.453 e. The highest BCUT2D eigenvalue weighted by molar-refractivity contribution is 5.79. The van der Waals surface area contributed by atoms with Crippen LogP contribution >= 0.6 is 0 Å². The maximum atomic E-state index is 13.1. The summed E-state index contributed by atoms with van der Waals surface area (Å²) in [6.07, 6.45) is -3.13. The number of nitrogens with one attached hydrogen (secondary N) is 1. The number of alkyl halides is 3. The van der Waals surface area contributed by atoms with Gasteiger partial charge in [0.2, 0.25) is 5.91 Å². The molecule has 7 nitrogen and oxygen atoms in total. The molecule has 1 N–H and O–H groups in total. The summed E-state index contributed by atoms with van der Waals surface area (Å²) in [4.78, 5) is 13.8. The molecule has 0 bridgehead atoms. The molecule has 1 fully saturated rings.